The fourth-order valence-corrected chi connectivity index (χ4v) is 2.89. The Morgan fingerprint density at radius 3 is 2.47 bits per heavy atom. The van der Waals surface area contributed by atoms with Gasteiger partial charge in [0.05, 0.1) is 6.54 Å². The molecular weight excluding hydrogens is 242 g/mol. The summed E-state index contributed by atoms with van der Waals surface area (Å²) in [5.74, 6) is 0.454. The molecule has 110 valence electrons. The zero-order chi connectivity index (χ0) is 14.4. The van der Waals surface area contributed by atoms with Gasteiger partial charge in [-0.1, -0.05) is 6.92 Å². The average molecular weight is 269 g/mol. The zero-order valence-electron chi connectivity index (χ0n) is 12.3. The Hall–Kier alpha value is -1.10. The first-order valence-electron chi connectivity index (χ1n) is 7.28. The molecule has 3 N–H and O–H groups in total. The topological polar surface area (TPSA) is 75.4 Å². The summed E-state index contributed by atoms with van der Waals surface area (Å²) in [4.78, 5) is 25.7. The van der Waals surface area contributed by atoms with Crippen LogP contribution in [0.25, 0.3) is 0 Å². The highest BCUT2D eigenvalue weighted by atomic mass is 16.2. The van der Waals surface area contributed by atoms with Crippen LogP contribution >= 0.6 is 0 Å². The molecule has 0 heterocycles. The highest BCUT2D eigenvalue weighted by molar-refractivity contribution is 5.86. The first-order chi connectivity index (χ1) is 8.97. The molecule has 0 spiro atoms. The summed E-state index contributed by atoms with van der Waals surface area (Å²) in [6.45, 7) is 7.23. The second kappa shape index (κ2) is 7.48. The summed E-state index contributed by atoms with van der Waals surface area (Å²) in [7, 11) is 0. The van der Waals surface area contributed by atoms with Gasteiger partial charge in [-0.3, -0.25) is 9.59 Å². The third-order valence-corrected chi connectivity index (χ3v) is 3.73. The SMILES string of the molecule is CCNC(=O)CN(CC)C(=O)C1CC(C)CC(N)C1. The summed E-state index contributed by atoms with van der Waals surface area (Å²) < 4.78 is 0. The Bertz CT molecular complexity index is 310. The van der Waals surface area contributed by atoms with Gasteiger partial charge in [-0.15, -0.1) is 0 Å². The van der Waals surface area contributed by atoms with Gasteiger partial charge in [0, 0.05) is 25.0 Å². The number of rotatable bonds is 5. The average Bonchev–Trinajstić information content (AvgIpc) is 2.34. The summed E-state index contributed by atoms with van der Waals surface area (Å²) in [6.07, 6.45) is 2.62. The van der Waals surface area contributed by atoms with Gasteiger partial charge in [-0.05, 0) is 39.0 Å². The first-order valence-corrected chi connectivity index (χ1v) is 7.28. The molecule has 0 radical (unpaired) electrons. The lowest BCUT2D eigenvalue weighted by Crippen LogP contribution is -2.46. The van der Waals surface area contributed by atoms with Gasteiger partial charge in [-0.2, -0.15) is 0 Å². The fourth-order valence-electron chi connectivity index (χ4n) is 2.89. The van der Waals surface area contributed by atoms with E-state index in [0.717, 1.165) is 19.3 Å². The van der Waals surface area contributed by atoms with Crippen LogP contribution in [0.3, 0.4) is 0 Å². The molecule has 1 saturated carbocycles. The number of nitrogens with two attached hydrogens (primary N) is 1. The second-order valence-electron chi connectivity index (χ2n) is 5.58. The van der Waals surface area contributed by atoms with Crippen LogP contribution in [0.1, 0.15) is 40.0 Å². The summed E-state index contributed by atoms with van der Waals surface area (Å²) >= 11 is 0. The maximum absolute atomic E-state index is 12.5. The van der Waals surface area contributed by atoms with Crippen LogP contribution in [0.15, 0.2) is 0 Å². The van der Waals surface area contributed by atoms with Crippen LogP contribution in [0, 0.1) is 11.8 Å². The van der Waals surface area contributed by atoms with E-state index < -0.39 is 0 Å². The first kappa shape index (κ1) is 16.0. The standard InChI is InChI=1S/C14H27N3O2/c1-4-16-13(18)9-17(5-2)14(19)11-6-10(3)7-12(15)8-11/h10-12H,4-9,15H2,1-3H3,(H,16,18). The van der Waals surface area contributed by atoms with Gasteiger partial charge in [0.15, 0.2) is 0 Å². The molecule has 0 aromatic rings. The fraction of sp³-hybridized carbons (Fsp3) is 0.857. The molecule has 1 aliphatic carbocycles. The van der Waals surface area contributed by atoms with Gasteiger partial charge in [0.2, 0.25) is 11.8 Å². The normalized spacial score (nSPS) is 26.8. The number of nitrogens with one attached hydrogen (secondary N) is 1. The Balaban J connectivity index is 2.59. The Labute approximate surface area is 115 Å². The van der Waals surface area contributed by atoms with Crippen LogP contribution in [0.5, 0.6) is 0 Å². The Kier molecular flexibility index (Phi) is 6.28. The molecular formula is C14H27N3O2. The zero-order valence-corrected chi connectivity index (χ0v) is 12.3. The minimum absolute atomic E-state index is 0.0203. The molecule has 0 saturated heterocycles. The molecule has 5 heteroatoms. The number of likely N-dealkylation sites (N-methyl/N-ethyl adjacent to an activating group) is 2. The molecule has 0 bridgehead atoms. The molecule has 1 aliphatic rings. The summed E-state index contributed by atoms with van der Waals surface area (Å²) in [5.41, 5.74) is 5.99. The quantitative estimate of drug-likeness (QED) is 0.773. The maximum Gasteiger partial charge on any atom is 0.239 e. The number of hydrogen-bond donors (Lipinski definition) is 2. The molecule has 0 aliphatic heterocycles. The third kappa shape index (κ3) is 4.82. The maximum atomic E-state index is 12.5. The number of nitrogens with zero attached hydrogens (tertiary/aromatic N) is 1. The van der Waals surface area contributed by atoms with E-state index >= 15 is 0 Å². The van der Waals surface area contributed by atoms with E-state index in [-0.39, 0.29) is 30.3 Å². The minimum atomic E-state index is -0.0918. The molecule has 2 amide bonds. The van der Waals surface area contributed by atoms with E-state index in [9.17, 15) is 9.59 Å². The van der Waals surface area contributed by atoms with E-state index in [0.29, 0.717) is 19.0 Å². The van der Waals surface area contributed by atoms with Crippen LogP contribution in [-0.4, -0.2) is 42.4 Å². The number of amides is 2. The lowest BCUT2D eigenvalue weighted by molar-refractivity contribution is -0.140. The van der Waals surface area contributed by atoms with Crippen LogP contribution < -0.4 is 11.1 Å². The highest BCUT2D eigenvalue weighted by Gasteiger charge is 2.32. The Morgan fingerprint density at radius 2 is 1.95 bits per heavy atom. The van der Waals surface area contributed by atoms with Crippen molar-refractivity contribution in [3.8, 4) is 0 Å². The molecule has 0 aromatic carbocycles. The van der Waals surface area contributed by atoms with Crippen molar-refractivity contribution in [1.29, 1.82) is 0 Å². The van der Waals surface area contributed by atoms with Crippen molar-refractivity contribution in [3.05, 3.63) is 0 Å². The van der Waals surface area contributed by atoms with Gasteiger partial charge in [0.1, 0.15) is 0 Å². The number of carbonyl (C=O) groups excluding carboxylic acids is 2. The highest BCUT2D eigenvalue weighted by Crippen LogP contribution is 2.29. The van der Waals surface area contributed by atoms with Crippen molar-refractivity contribution in [2.75, 3.05) is 19.6 Å². The predicted octanol–water partition coefficient (Wildman–Crippen LogP) is 0.735. The molecule has 3 unspecified atom stereocenters. The van der Waals surface area contributed by atoms with Crippen molar-refractivity contribution in [2.24, 2.45) is 17.6 Å². The van der Waals surface area contributed by atoms with E-state index in [1.165, 1.54) is 0 Å². The summed E-state index contributed by atoms with van der Waals surface area (Å²) in [5, 5.41) is 2.73. The molecule has 3 atom stereocenters. The van der Waals surface area contributed by atoms with Gasteiger partial charge >= 0.3 is 0 Å². The molecule has 19 heavy (non-hydrogen) atoms. The number of carbonyl (C=O) groups is 2. The van der Waals surface area contributed by atoms with Gasteiger partial charge in [0.25, 0.3) is 0 Å². The lowest BCUT2D eigenvalue weighted by atomic mass is 9.79. The van der Waals surface area contributed by atoms with Crippen molar-refractivity contribution in [1.82, 2.24) is 10.2 Å². The Morgan fingerprint density at radius 1 is 1.26 bits per heavy atom. The van der Waals surface area contributed by atoms with Crippen molar-refractivity contribution >= 4 is 11.8 Å². The van der Waals surface area contributed by atoms with E-state index in [1.807, 2.05) is 13.8 Å². The predicted molar refractivity (Wildman–Crippen MR) is 75.4 cm³/mol. The third-order valence-electron chi connectivity index (χ3n) is 3.73. The van der Waals surface area contributed by atoms with E-state index in [2.05, 4.69) is 12.2 Å². The molecule has 1 fully saturated rings. The van der Waals surface area contributed by atoms with Crippen LogP contribution in [0.4, 0.5) is 0 Å². The molecule has 1 rings (SSSR count). The van der Waals surface area contributed by atoms with E-state index in [4.69, 9.17) is 5.73 Å². The van der Waals surface area contributed by atoms with Crippen molar-refractivity contribution in [3.63, 3.8) is 0 Å². The molecule has 5 nitrogen and oxygen atoms in total. The summed E-state index contributed by atoms with van der Waals surface area (Å²) in [6, 6.07) is 0.112. The monoisotopic (exact) mass is 269 g/mol. The lowest BCUT2D eigenvalue weighted by Gasteiger charge is -2.33. The van der Waals surface area contributed by atoms with Crippen LogP contribution in [0.2, 0.25) is 0 Å². The van der Waals surface area contributed by atoms with E-state index in [1.54, 1.807) is 4.90 Å². The largest absolute Gasteiger partial charge is 0.355 e. The van der Waals surface area contributed by atoms with Crippen LogP contribution in [-0.2, 0) is 9.59 Å². The van der Waals surface area contributed by atoms with Crippen molar-refractivity contribution in [2.45, 2.75) is 46.1 Å². The molecule has 0 aromatic heterocycles. The smallest absolute Gasteiger partial charge is 0.239 e. The van der Waals surface area contributed by atoms with Gasteiger partial charge in [-0.25, -0.2) is 0 Å². The second-order valence-corrected chi connectivity index (χ2v) is 5.58. The minimum Gasteiger partial charge on any atom is -0.355 e. The van der Waals surface area contributed by atoms with Gasteiger partial charge < -0.3 is 16.0 Å². The number of hydrogen-bond acceptors (Lipinski definition) is 3. The van der Waals surface area contributed by atoms with Crippen molar-refractivity contribution < 1.29 is 9.59 Å².